The van der Waals surface area contributed by atoms with Crippen molar-refractivity contribution >= 4 is 48.3 Å². The fraction of sp³-hybridized carbons (Fsp3) is 0.130. The molecular formula is C23H21N3O4S2. The molecule has 1 amide bonds. The number of fused-ring (bicyclic) bond motifs is 1. The van der Waals surface area contributed by atoms with Crippen LogP contribution in [0, 0.1) is 6.92 Å². The second-order valence-electron chi connectivity index (χ2n) is 7.03. The van der Waals surface area contributed by atoms with Crippen LogP contribution >= 0.6 is 11.3 Å². The number of aromatic nitrogens is 1. The summed E-state index contributed by atoms with van der Waals surface area (Å²) in [5, 5.41) is 3.26. The summed E-state index contributed by atoms with van der Waals surface area (Å²) in [5.74, 6) is 0.423. The van der Waals surface area contributed by atoms with Gasteiger partial charge in [0.15, 0.2) is 5.13 Å². The lowest BCUT2D eigenvalue weighted by Crippen LogP contribution is -2.14. The summed E-state index contributed by atoms with van der Waals surface area (Å²) in [7, 11) is -3.70. The van der Waals surface area contributed by atoms with Gasteiger partial charge in [-0.2, -0.15) is 0 Å². The zero-order chi connectivity index (χ0) is 22.7. The molecule has 164 valence electrons. The minimum Gasteiger partial charge on any atom is -0.494 e. The number of hydrogen-bond donors (Lipinski definition) is 2. The summed E-state index contributed by atoms with van der Waals surface area (Å²) in [6.07, 6.45) is 0. The average molecular weight is 468 g/mol. The number of benzene rings is 3. The SMILES string of the molecule is CCOc1ccc2nc(NC(=O)c3ccc(NS(=O)(=O)c4ccc(C)cc4)cc3)sc2c1. The minimum atomic E-state index is -3.70. The number of aryl methyl sites for hydroxylation is 1. The Morgan fingerprint density at radius 2 is 1.75 bits per heavy atom. The van der Waals surface area contributed by atoms with Gasteiger partial charge in [0.25, 0.3) is 15.9 Å². The molecule has 4 aromatic rings. The molecule has 0 aliphatic carbocycles. The molecule has 0 radical (unpaired) electrons. The van der Waals surface area contributed by atoms with Crippen molar-refractivity contribution in [1.29, 1.82) is 0 Å². The Kier molecular flexibility index (Phi) is 6.11. The zero-order valence-electron chi connectivity index (χ0n) is 17.5. The van der Waals surface area contributed by atoms with Gasteiger partial charge < -0.3 is 4.74 Å². The molecule has 2 N–H and O–H groups in total. The van der Waals surface area contributed by atoms with E-state index in [0.717, 1.165) is 21.5 Å². The largest absolute Gasteiger partial charge is 0.494 e. The lowest BCUT2D eigenvalue weighted by atomic mass is 10.2. The first-order chi connectivity index (χ1) is 15.3. The molecule has 0 unspecified atom stereocenters. The number of nitrogens with one attached hydrogen (secondary N) is 2. The van der Waals surface area contributed by atoms with E-state index in [0.29, 0.717) is 23.0 Å². The van der Waals surface area contributed by atoms with Gasteiger partial charge >= 0.3 is 0 Å². The molecule has 4 rings (SSSR count). The normalized spacial score (nSPS) is 11.3. The monoisotopic (exact) mass is 467 g/mol. The Labute approximate surface area is 190 Å². The van der Waals surface area contributed by atoms with Crippen molar-refractivity contribution in [3.05, 3.63) is 77.9 Å². The van der Waals surface area contributed by atoms with E-state index in [1.54, 1.807) is 48.5 Å². The van der Waals surface area contributed by atoms with E-state index >= 15 is 0 Å². The van der Waals surface area contributed by atoms with Crippen molar-refractivity contribution in [2.75, 3.05) is 16.6 Å². The molecule has 0 saturated carbocycles. The summed E-state index contributed by atoms with van der Waals surface area (Å²) in [6, 6.07) is 18.4. The van der Waals surface area contributed by atoms with Crippen molar-refractivity contribution in [1.82, 2.24) is 4.98 Å². The van der Waals surface area contributed by atoms with Crippen LogP contribution < -0.4 is 14.8 Å². The topological polar surface area (TPSA) is 97.4 Å². The predicted molar refractivity (Wildman–Crippen MR) is 127 cm³/mol. The highest BCUT2D eigenvalue weighted by atomic mass is 32.2. The van der Waals surface area contributed by atoms with Gasteiger partial charge in [-0.3, -0.25) is 14.8 Å². The van der Waals surface area contributed by atoms with Gasteiger partial charge in [0.1, 0.15) is 5.75 Å². The average Bonchev–Trinajstić information content (AvgIpc) is 3.16. The van der Waals surface area contributed by atoms with Gasteiger partial charge in [0, 0.05) is 11.3 Å². The fourth-order valence-corrected chi connectivity index (χ4v) is 4.95. The van der Waals surface area contributed by atoms with Gasteiger partial charge in [-0.25, -0.2) is 13.4 Å². The number of ether oxygens (including phenoxy) is 1. The Morgan fingerprint density at radius 1 is 1.03 bits per heavy atom. The number of rotatable bonds is 7. The highest BCUT2D eigenvalue weighted by Crippen LogP contribution is 2.29. The second-order valence-corrected chi connectivity index (χ2v) is 9.74. The van der Waals surface area contributed by atoms with Gasteiger partial charge in [-0.15, -0.1) is 0 Å². The molecule has 7 nitrogen and oxygen atoms in total. The van der Waals surface area contributed by atoms with Crippen molar-refractivity contribution in [2.24, 2.45) is 0 Å². The second kappa shape index (κ2) is 8.97. The van der Waals surface area contributed by atoms with Crippen LogP contribution in [0.5, 0.6) is 5.75 Å². The van der Waals surface area contributed by atoms with Crippen molar-refractivity contribution in [2.45, 2.75) is 18.7 Å². The summed E-state index contributed by atoms with van der Waals surface area (Å²) >= 11 is 1.36. The lowest BCUT2D eigenvalue weighted by molar-refractivity contribution is 0.102. The summed E-state index contributed by atoms with van der Waals surface area (Å²) in [4.78, 5) is 17.2. The summed E-state index contributed by atoms with van der Waals surface area (Å²) in [6.45, 7) is 4.38. The van der Waals surface area contributed by atoms with Crippen LogP contribution in [0.15, 0.2) is 71.6 Å². The Morgan fingerprint density at radius 3 is 2.44 bits per heavy atom. The van der Waals surface area contributed by atoms with Crippen molar-refractivity contribution in [3.63, 3.8) is 0 Å². The van der Waals surface area contributed by atoms with Crippen LogP contribution in [0.25, 0.3) is 10.2 Å². The lowest BCUT2D eigenvalue weighted by Gasteiger charge is -2.09. The highest BCUT2D eigenvalue weighted by Gasteiger charge is 2.15. The maximum absolute atomic E-state index is 12.6. The van der Waals surface area contributed by atoms with Gasteiger partial charge in [-0.1, -0.05) is 29.0 Å². The number of nitrogens with zero attached hydrogens (tertiary/aromatic N) is 1. The number of carbonyl (C=O) groups is 1. The molecule has 0 aliphatic rings. The first-order valence-electron chi connectivity index (χ1n) is 9.88. The highest BCUT2D eigenvalue weighted by molar-refractivity contribution is 7.92. The van der Waals surface area contributed by atoms with E-state index in [1.807, 2.05) is 32.0 Å². The minimum absolute atomic E-state index is 0.174. The molecule has 0 bridgehead atoms. The smallest absolute Gasteiger partial charge is 0.261 e. The molecule has 32 heavy (non-hydrogen) atoms. The third-order valence-corrected chi connectivity index (χ3v) is 6.95. The van der Waals surface area contributed by atoms with E-state index in [1.165, 1.54) is 11.3 Å². The first-order valence-corrected chi connectivity index (χ1v) is 12.2. The van der Waals surface area contributed by atoms with Crippen LogP contribution in [0.2, 0.25) is 0 Å². The summed E-state index contributed by atoms with van der Waals surface area (Å²) < 4.78 is 34.0. The molecule has 1 aromatic heterocycles. The number of thiazole rings is 1. The number of hydrogen-bond acceptors (Lipinski definition) is 6. The number of amides is 1. The van der Waals surface area contributed by atoms with Crippen molar-refractivity contribution in [3.8, 4) is 5.75 Å². The maximum atomic E-state index is 12.6. The van der Waals surface area contributed by atoms with Crippen LogP contribution in [0.1, 0.15) is 22.8 Å². The number of anilines is 2. The third-order valence-electron chi connectivity index (χ3n) is 4.62. The van der Waals surface area contributed by atoms with E-state index in [9.17, 15) is 13.2 Å². The van der Waals surface area contributed by atoms with Gasteiger partial charge in [0.05, 0.1) is 21.7 Å². The number of carbonyl (C=O) groups excluding carboxylic acids is 1. The van der Waals surface area contributed by atoms with Crippen LogP contribution in [0.3, 0.4) is 0 Å². The molecule has 0 aliphatic heterocycles. The standard InChI is InChI=1S/C23H21N3O4S2/c1-3-30-18-10-13-20-21(14-18)31-23(24-20)25-22(27)16-6-8-17(9-7-16)26-32(28,29)19-11-4-15(2)5-12-19/h4-14,26H,3H2,1-2H3,(H,24,25,27). The maximum Gasteiger partial charge on any atom is 0.261 e. The number of sulfonamides is 1. The molecular weight excluding hydrogens is 446 g/mol. The quantitative estimate of drug-likeness (QED) is 0.396. The zero-order valence-corrected chi connectivity index (χ0v) is 19.1. The Hall–Kier alpha value is -3.43. The molecule has 0 spiro atoms. The van der Waals surface area contributed by atoms with E-state index < -0.39 is 10.0 Å². The van der Waals surface area contributed by atoms with Crippen molar-refractivity contribution < 1.29 is 17.9 Å². The molecule has 9 heteroatoms. The Balaban J connectivity index is 1.45. The molecule has 0 atom stereocenters. The fourth-order valence-electron chi connectivity index (χ4n) is 3.01. The first kappa shape index (κ1) is 21.8. The molecule has 3 aromatic carbocycles. The third kappa shape index (κ3) is 4.90. The van der Waals surface area contributed by atoms with Crippen LogP contribution in [0.4, 0.5) is 10.8 Å². The predicted octanol–water partition coefficient (Wildman–Crippen LogP) is 5.06. The van der Waals surface area contributed by atoms with Gasteiger partial charge in [0.2, 0.25) is 0 Å². The molecule has 0 fully saturated rings. The van der Waals surface area contributed by atoms with Gasteiger partial charge in [-0.05, 0) is 68.4 Å². The Bertz CT molecular complexity index is 1360. The van der Waals surface area contributed by atoms with E-state index in [4.69, 9.17) is 4.74 Å². The van der Waals surface area contributed by atoms with E-state index in [-0.39, 0.29) is 10.8 Å². The molecule has 1 heterocycles. The molecule has 0 saturated heterocycles. The van der Waals surface area contributed by atoms with E-state index in [2.05, 4.69) is 15.0 Å². The van der Waals surface area contributed by atoms with Crippen LogP contribution in [-0.4, -0.2) is 25.9 Å². The van der Waals surface area contributed by atoms with Crippen LogP contribution in [-0.2, 0) is 10.0 Å². The summed E-state index contributed by atoms with van der Waals surface area (Å²) in [5.41, 5.74) is 2.50.